The van der Waals surface area contributed by atoms with Gasteiger partial charge in [0.2, 0.25) is 5.69 Å². The SMILES string of the molecule is CNc1cn[n+](-c2ccc(OC)cc2)c(-c2ccccc2)c1N=Nc1ccc(OC)cc1.F[B-](F)(F)F. The molecule has 0 aliphatic heterocycles. The lowest BCUT2D eigenvalue weighted by Gasteiger charge is -2.09. The number of nitrogens with zero attached hydrogens (tertiary/aromatic N) is 4. The van der Waals surface area contributed by atoms with Crippen LogP contribution in [0.5, 0.6) is 11.5 Å². The van der Waals surface area contributed by atoms with Gasteiger partial charge in [0.25, 0.3) is 5.69 Å². The summed E-state index contributed by atoms with van der Waals surface area (Å²) >= 11 is 0. The highest BCUT2D eigenvalue weighted by Crippen LogP contribution is 2.35. The topological polar surface area (TPSA) is 72.0 Å². The number of anilines is 1. The molecule has 0 unspecified atom stereocenters. The standard InChI is InChI=1S/C25H23N5O2.BF4/c1-26-23-17-27-30(20-11-15-22(32-3)16-12-20)25(18-7-5-4-6-8-18)24(23)29-28-19-9-13-21(31-2)14-10-19;2-1(3,4)5/h4-17H,1-3H3;/q;-1/p+1. The van der Waals surface area contributed by atoms with Crippen LogP contribution in [0.25, 0.3) is 16.9 Å². The fourth-order valence-corrected chi connectivity index (χ4v) is 3.28. The second-order valence-electron chi connectivity index (χ2n) is 7.37. The molecule has 0 radical (unpaired) electrons. The third-order valence-electron chi connectivity index (χ3n) is 4.96. The van der Waals surface area contributed by atoms with E-state index in [1.54, 1.807) is 20.4 Å². The molecule has 7 nitrogen and oxygen atoms in total. The Kier molecular flexibility index (Phi) is 9.14. The summed E-state index contributed by atoms with van der Waals surface area (Å²) in [7, 11) is -0.873. The summed E-state index contributed by atoms with van der Waals surface area (Å²) < 4.78 is 51.4. The Balaban J connectivity index is 0.000000695. The van der Waals surface area contributed by atoms with E-state index < -0.39 is 7.25 Å². The molecule has 0 aliphatic rings. The summed E-state index contributed by atoms with van der Waals surface area (Å²) in [5, 5.41) is 17.0. The van der Waals surface area contributed by atoms with Crippen molar-refractivity contribution in [1.82, 2.24) is 5.10 Å². The summed E-state index contributed by atoms with van der Waals surface area (Å²) in [6, 6.07) is 25.2. The van der Waals surface area contributed by atoms with Crippen molar-refractivity contribution in [1.29, 1.82) is 0 Å². The quantitative estimate of drug-likeness (QED) is 0.128. The van der Waals surface area contributed by atoms with Crippen molar-refractivity contribution in [2.24, 2.45) is 10.2 Å². The van der Waals surface area contributed by atoms with E-state index >= 15 is 0 Å². The molecule has 1 N–H and O–H groups in total. The zero-order valence-electron chi connectivity index (χ0n) is 20.3. The highest BCUT2D eigenvalue weighted by Gasteiger charge is 2.26. The van der Waals surface area contributed by atoms with Crippen LogP contribution in [0, 0.1) is 0 Å². The van der Waals surface area contributed by atoms with E-state index in [2.05, 4.69) is 20.6 Å². The molecule has 0 saturated carbocycles. The second kappa shape index (κ2) is 12.5. The molecule has 0 atom stereocenters. The Hall–Kier alpha value is -4.48. The Morgan fingerprint density at radius 1 is 0.784 bits per heavy atom. The van der Waals surface area contributed by atoms with Gasteiger partial charge < -0.3 is 32.1 Å². The van der Waals surface area contributed by atoms with Gasteiger partial charge in [0, 0.05) is 24.3 Å². The molecule has 192 valence electrons. The molecule has 12 heteroatoms. The molecule has 3 aromatic carbocycles. The highest BCUT2D eigenvalue weighted by molar-refractivity contribution is 6.50. The molecule has 0 fully saturated rings. The molecule has 0 amide bonds. The number of hydrogen-bond donors (Lipinski definition) is 1. The van der Waals surface area contributed by atoms with E-state index in [4.69, 9.17) is 9.47 Å². The van der Waals surface area contributed by atoms with Gasteiger partial charge in [0.15, 0.2) is 5.69 Å². The summed E-state index contributed by atoms with van der Waals surface area (Å²) in [6.45, 7) is 0. The Labute approximate surface area is 211 Å². The Bertz CT molecular complexity index is 1310. The maximum absolute atomic E-state index is 9.75. The van der Waals surface area contributed by atoms with Gasteiger partial charge in [-0.05, 0) is 53.2 Å². The highest BCUT2D eigenvalue weighted by atomic mass is 19.5. The number of aromatic nitrogens is 2. The molecular weight excluding hydrogens is 489 g/mol. The fourth-order valence-electron chi connectivity index (χ4n) is 3.28. The van der Waals surface area contributed by atoms with Gasteiger partial charge in [-0.25, -0.2) is 0 Å². The monoisotopic (exact) mass is 513 g/mol. The minimum Gasteiger partial charge on any atom is -0.497 e. The molecule has 0 bridgehead atoms. The third kappa shape index (κ3) is 7.76. The molecule has 0 saturated heterocycles. The van der Waals surface area contributed by atoms with Crippen LogP contribution in [0.2, 0.25) is 0 Å². The second-order valence-corrected chi connectivity index (χ2v) is 7.37. The predicted octanol–water partition coefficient (Wildman–Crippen LogP) is 6.80. The lowest BCUT2D eigenvalue weighted by molar-refractivity contribution is -0.648. The normalized spacial score (nSPS) is 11.0. The van der Waals surface area contributed by atoms with Gasteiger partial charge in [-0.2, -0.15) is 5.11 Å². The van der Waals surface area contributed by atoms with E-state index in [0.29, 0.717) is 5.69 Å². The number of methoxy groups -OCH3 is 2. The van der Waals surface area contributed by atoms with Crippen LogP contribution in [0.1, 0.15) is 0 Å². The first-order chi connectivity index (χ1) is 17.7. The lowest BCUT2D eigenvalue weighted by Crippen LogP contribution is -2.37. The summed E-state index contributed by atoms with van der Waals surface area (Å²) in [6.07, 6.45) is 1.75. The Morgan fingerprint density at radius 2 is 1.32 bits per heavy atom. The summed E-state index contributed by atoms with van der Waals surface area (Å²) in [4.78, 5) is 0. The zero-order valence-corrected chi connectivity index (χ0v) is 20.3. The Morgan fingerprint density at radius 3 is 1.84 bits per heavy atom. The third-order valence-corrected chi connectivity index (χ3v) is 4.96. The van der Waals surface area contributed by atoms with Crippen LogP contribution in [-0.2, 0) is 0 Å². The van der Waals surface area contributed by atoms with Gasteiger partial charge in [0.1, 0.15) is 17.7 Å². The number of hydrogen-bond acceptors (Lipinski definition) is 6. The summed E-state index contributed by atoms with van der Waals surface area (Å²) in [5.74, 6) is 1.55. The lowest BCUT2D eigenvalue weighted by atomic mass is 10.1. The van der Waals surface area contributed by atoms with Crippen molar-refractivity contribution >= 4 is 24.3 Å². The minimum absolute atomic E-state index is 0.681. The maximum atomic E-state index is 9.75. The van der Waals surface area contributed by atoms with Crippen molar-refractivity contribution in [2.45, 2.75) is 0 Å². The fraction of sp³-hybridized carbons (Fsp3) is 0.120. The summed E-state index contributed by atoms with van der Waals surface area (Å²) in [5.41, 5.74) is 4.84. The average Bonchev–Trinajstić information content (AvgIpc) is 2.91. The first-order valence-electron chi connectivity index (χ1n) is 11.0. The van der Waals surface area contributed by atoms with Gasteiger partial charge >= 0.3 is 7.25 Å². The van der Waals surface area contributed by atoms with Crippen LogP contribution in [0.15, 0.2) is 95.3 Å². The molecule has 1 heterocycles. The minimum atomic E-state index is -6.00. The molecule has 1 aromatic heterocycles. The molecule has 0 aliphatic carbocycles. The van der Waals surface area contributed by atoms with Gasteiger partial charge in [0.05, 0.1) is 31.2 Å². The molecule has 4 aromatic rings. The van der Waals surface area contributed by atoms with E-state index in [1.807, 2.05) is 90.6 Å². The van der Waals surface area contributed by atoms with Gasteiger partial charge in [-0.1, -0.05) is 18.2 Å². The van der Waals surface area contributed by atoms with Crippen LogP contribution < -0.4 is 19.5 Å². The average molecular weight is 513 g/mol. The molecule has 0 spiro atoms. The smallest absolute Gasteiger partial charge is 0.497 e. The first kappa shape index (κ1) is 27.1. The molecule has 37 heavy (non-hydrogen) atoms. The van der Waals surface area contributed by atoms with Crippen molar-refractivity contribution in [3.8, 4) is 28.4 Å². The van der Waals surface area contributed by atoms with Crippen molar-refractivity contribution < 1.29 is 31.4 Å². The van der Waals surface area contributed by atoms with E-state index in [0.717, 1.165) is 39.8 Å². The van der Waals surface area contributed by atoms with Crippen LogP contribution in [0.3, 0.4) is 0 Å². The molecule has 4 rings (SSSR count). The number of rotatable bonds is 7. The maximum Gasteiger partial charge on any atom is 0.673 e. The van der Waals surface area contributed by atoms with E-state index in [-0.39, 0.29) is 0 Å². The van der Waals surface area contributed by atoms with Crippen molar-refractivity contribution in [2.75, 3.05) is 26.6 Å². The number of azo groups is 1. The van der Waals surface area contributed by atoms with Crippen LogP contribution in [0.4, 0.5) is 34.3 Å². The van der Waals surface area contributed by atoms with Crippen LogP contribution in [-0.4, -0.2) is 33.6 Å². The predicted molar refractivity (Wildman–Crippen MR) is 135 cm³/mol. The number of nitrogens with one attached hydrogen (secondary N) is 1. The van der Waals surface area contributed by atoms with Crippen LogP contribution >= 0.6 is 0 Å². The van der Waals surface area contributed by atoms with E-state index in [1.165, 1.54) is 0 Å². The number of halogens is 4. The largest absolute Gasteiger partial charge is 0.673 e. The zero-order chi connectivity index (χ0) is 26.8. The molecular formula is C25H24BF4N5O2. The van der Waals surface area contributed by atoms with Crippen molar-refractivity contribution in [3.05, 3.63) is 85.1 Å². The number of benzene rings is 3. The number of ether oxygens (including phenoxy) is 2. The van der Waals surface area contributed by atoms with Gasteiger partial charge in [-0.3, -0.25) is 0 Å². The van der Waals surface area contributed by atoms with Crippen molar-refractivity contribution in [3.63, 3.8) is 0 Å². The van der Waals surface area contributed by atoms with Gasteiger partial charge in [-0.15, -0.1) is 5.11 Å². The van der Waals surface area contributed by atoms with E-state index in [9.17, 15) is 17.3 Å². The first-order valence-corrected chi connectivity index (χ1v) is 11.0.